The molecule has 0 spiro atoms. The number of amides is 2. The number of nitrogens with zero attached hydrogens (tertiary/aromatic N) is 3. The van der Waals surface area contributed by atoms with Crippen LogP contribution in [0.3, 0.4) is 0 Å². The van der Waals surface area contributed by atoms with Crippen LogP contribution in [0.2, 0.25) is 0 Å². The van der Waals surface area contributed by atoms with Crippen molar-refractivity contribution in [3.8, 4) is 0 Å². The predicted molar refractivity (Wildman–Crippen MR) is 110 cm³/mol. The van der Waals surface area contributed by atoms with Crippen molar-refractivity contribution >= 4 is 23.2 Å². The molecule has 0 aliphatic carbocycles. The predicted octanol–water partition coefficient (Wildman–Crippen LogP) is 2.29. The van der Waals surface area contributed by atoms with E-state index in [0.29, 0.717) is 31.7 Å². The topological polar surface area (TPSA) is 95.8 Å². The van der Waals surface area contributed by atoms with E-state index >= 15 is 0 Å². The number of hydrogen-bond donors (Lipinski definition) is 1. The molecule has 8 heteroatoms. The van der Waals surface area contributed by atoms with Crippen molar-refractivity contribution in [2.45, 2.75) is 13.8 Å². The van der Waals surface area contributed by atoms with Crippen molar-refractivity contribution in [1.29, 1.82) is 0 Å². The van der Waals surface area contributed by atoms with Crippen molar-refractivity contribution in [3.05, 3.63) is 69.3 Å². The molecule has 0 radical (unpaired) electrons. The molecule has 0 aromatic heterocycles. The standard InChI is InChI=1S/C21H24N4O4/c1-15-3-4-17(13-16(15)2)21(27)22-14-20(26)24-11-9-23(10-12-24)18-5-7-19(8-6-18)25(28)29/h3-8,13H,9-12,14H2,1-2H3,(H,22,27). The molecule has 0 saturated carbocycles. The molecule has 152 valence electrons. The first-order valence-corrected chi connectivity index (χ1v) is 9.48. The maximum atomic E-state index is 12.4. The molecule has 8 nitrogen and oxygen atoms in total. The minimum atomic E-state index is -0.424. The summed E-state index contributed by atoms with van der Waals surface area (Å²) in [6.45, 7) is 6.23. The average molecular weight is 396 g/mol. The number of nitro benzene ring substituents is 1. The van der Waals surface area contributed by atoms with Gasteiger partial charge in [-0.3, -0.25) is 19.7 Å². The van der Waals surface area contributed by atoms with Crippen LogP contribution < -0.4 is 10.2 Å². The molecule has 2 aromatic rings. The van der Waals surface area contributed by atoms with Gasteiger partial charge in [-0.2, -0.15) is 0 Å². The maximum absolute atomic E-state index is 12.4. The quantitative estimate of drug-likeness (QED) is 0.618. The van der Waals surface area contributed by atoms with Crippen LogP contribution in [0.25, 0.3) is 0 Å². The highest BCUT2D eigenvalue weighted by Gasteiger charge is 2.22. The second-order valence-corrected chi connectivity index (χ2v) is 7.12. The number of hydrogen-bond acceptors (Lipinski definition) is 5. The highest BCUT2D eigenvalue weighted by Crippen LogP contribution is 2.20. The Kier molecular flexibility index (Phi) is 6.11. The summed E-state index contributed by atoms with van der Waals surface area (Å²) in [4.78, 5) is 38.8. The Morgan fingerprint density at radius 1 is 1.00 bits per heavy atom. The fraction of sp³-hybridized carbons (Fsp3) is 0.333. The maximum Gasteiger partial charge on any atom is 0.269 e. The SMILES string of the molecule is Cc1ccc(C(=O)NCC(=O)N2CCN(c3ccc([N+](=O)[O-])cc3)CC2)cc1C. The van der Waals surface area contributed by atoms with Crippen molar-refractivity contribution in [2.75, 3.05) is 37.6 Å². The molecule has 1 fully saturated rings. The first kappa shape index (κ1) is 20.3. The lowest BCUT2D eigenvalue weighted by Gasteiger charge is -2.36. The van der Waals surface area contributed by atoms with Crippen molar-refractivity contribution in [1.82, 2.24) is 10.2 Å². The van der Waals surface area contributed by atoms with E-state index in [1.807, 2.05) is 26.0 Å². The van der Waals surface area contributed by atoms with E-state index in [1.54, 1.807) is 23.1 Å². The third kappa shape index (κ3) is 4.90. The van der Waals surface area contributed by atoms with Crippen molar-refractivity contribution < 1.29 is 14.5 Å². The number of non-ortho nitro benzene ring substituents is 1. The Balaban J connectivity index is 1.49. The van der Waals surface area contributed by atoms with Gasteiger partial charge in [-0.15, -0.1) is 0 Å². The summed E-state index contributed by atoms with van der Waals surface area (Å²) in [6.07, 6.45) is 0. The number of benzene rings is 2. The van der Waals surface area contributed by atoms with Gasteiger partial charge in [0.25, 0.3) is 11.6 Å². The smallest absolute Gasteiger partial charge is 0.269 e. The Morgan fingerprint density at radius 2 is 1.66 bits per heavy atom. The average Bonchev–Trinajstić information content (AvgIpc) is 2.74. The zero-order valence-corrected chi connectivity index (χ0v) is 16.6. The zero-order chi connectivity index (χ0) is 21.0. The highest BCUT2D eigenvalue weighted by atomic mass is 16.6. The molecule has 3 rings (SSSR count). The molecule has 1 saturated heterocycles. The Bertz CT molecular complexity index is 919. The summed E-state index contributed by atoms with van der Waals surface area (Å²) in [5.41, 5.74) is 3.64. The van der Waals surface area contributed by atoms with E-state index in [9.17, 15) is 19.7 Å². The van der Waals surface area contributed by atoms with Gasteiger partial charge in [0.1, 0.15) is 0 Å². The lowest BCUT2D eigenvalue weighted by Crippen LogP contribution is -2.51. The number of rotatable bonds is 5. The molecule has 29 heavy (non-hydrogen) atoms. The summed E-state index contributed by atoms with van der Waals surface area (Å²) in [6, 6.07) is 11.9. The number of carbonyl (C=O) groups is 2. The van der Waals surface area contributed by atoms with Crippen LogP contribution in [0, 0.1) is 24.0 Å². The minimum absolute atomic E-state index is 0.0384. The summed E-state index contributed by atoms with van der Waals surface area (Å²) in [5.74, 6) is -0.378. The van der Waals surface area contributed by atoms with Crippen molar-refractivity contribution in [3.63, 3.8) is 0 Å². The Labute approximate surface area is 169 Å². The van der Waals surface area contributed by atoms with Crippen LogP contribution in [-0.4, -0.2) is 54.4 Å². The van der Waals surface area contributed by atoms with Gasteiger partial charge in [-0.1, -0.05) is 6.07 Å². The molecule has 1 aliphatic rings. The van der Waals surface area contributed by atoms with Crippen LogP contribution in [0.15, 0.2) is 42.5 Å². The lowest BCUT2D eigenvalue weighted by atomic mass is 10.1. The number of piperazine rings is 1. The van der Waals surface area contributed by atoms with E-state index in [-0.39, 0.29) is 24.0 Å². The molecule has 2 amide bonds. The molecular formula is C21H24N4O4. The van der Waals surface area contributed by atoms with Gasteiger partial charge in [0.15, 0.2) is 0 Å². The van der Waals surface area contributed by atoms with Crippen LogP contribution in [0.4, 0.5) is 11.4 Å². The van der Waals surface area contributed by atoms with E-state index in [1.165, 1.54) is 12.1 Å². The monoisotopic (exact) mass is 396 g/mol. The first-order chi connectivity index (χ1) is 13.8. The Morgan fingerprint density at radius 3 is 2.24 bits per heavy atom. The second kappa shape index (κ2) is 8.72. The molecule has 2 aromatic carbocycles. The fourth-order valence-electron chi connectivity index (χ4n) is 3.25. The summed E-state index contributed by atoms with van der Waals surface area (Å²) < 4.78 is 0. The first-order valence-electron chi connectivity index (χ1n) is 9.48. The Hall–Kier alpha value is -3.42. The summed E-state index contributed by atoms with van der Waals surface area (Å²) in [5, 5.41) is 13.5. The molecule has 1 N–H and O–H groups in total. The normalized spacial score (nSPS) is 13.9. The number of nitro groups is 1. The number of carbonyl (C=O) groups excluding carboxylic acids is 2. The molecule has 0 bridgehead atoms. The third-order valence-corrected chi connectivity index (χ3v) is 5.23. The van der Waals surface area contributed by atoms with Crippen LogP contribution >= 0.6 is 0 Å². The summed E-state index contributed by atoms with van der Waals surface area (Å²) in [7, 11) is 0. The van der Waals surface area contributed by atoms with Crippen LogP contribution in [-0.2, 0) is 4.79 Å². The number of aryl methyl sites for hydroxylation is 2. The molecular weight excluding hydrogens is 372 g/mol. The number of anilines is 1. The lowest BCUT2D eigenvalue weighted by molar-refractivity contribution is -0.384. The van der Waals surface area contributed by atoms with Gasteiger partial charge in [0, 0.05) is 49.6 Å². The molecule has 0 atom stereocenters. The number of nitrogens with one attached hydrogen (secondary N) is 1. The summed E-state index contributed by atoms with van der Waals surface area (Å²) >= 11 is 0. The third-order valence-electron chi connectivity index (χ3n) is 5.23. The minimum Gasteiger partial charge on any atom is -0.368 e. The largest absolute Gasteiger partial charge is 0.368 e. The second-order valence-electron chi connectivity index (χ2n) is 7.12. The molecule has 0 unspecified atom stereocenters. The fourth-order valence-corrected chi connectivity index (χ4v) is 3.25. The van der Waals surface area contributed by atoms with Gasteiger partial charge in [0.05, 0.1) is 11.5 Å². The van der Waals surface area contributed by atoms with E-state index in [2.05, 4.69) is 10.2 Å². The van der Waals surface area contributed by atoms with Gasteiger partial charge in [0.2, 0.25) is 5.91 Å². The van der Waals surface area contributed by atoms with Gasteiger partial charge in [-0.05, 0) is 49.2 Å². The van der Waals surface area contributed by atoms with Crippen LogP contribution in [0.1, 0.15) is 21.5 Å². The van der Waals surface area contributed by atoms with Gasteiger partial charge in [-0.25, -0.2) is 0 Å². The van der Waals surface area contributed by atoms with Crippen molar-refractivity contribution in [2.24, 2.45) is 0 Å². The van der Waals surface area contributed by atoms with Gasteiger partial charge < -0.3 is 15.1 Å². The van der Waals surface area contributed by atoms with E-state index in [0.717, 1.165) is 16.8 Å². The van der Waals surface area contributed by atoms with Gasteiger partial charge >= 0.3 is 0 Å². The zero-order valence-electron chi connectivity index (χ0n) is 16.6. The molecule has 1 aliphatic heterocycles. The van der Waals surface area contributed by atoms with E-state index in [4.69, 9.17) is 0 Å². The van der Waals surface area contributed by atoms with E-state index < -0.39 is 4.92 Å². The highest BCUT2D eigenvalue weighted by molar-refractivity contribution is 5.96. The van der Waals surface area contributed by atoms with Crippen LogP contribution in [0.5, 0.6) is 0 Å². The molecule has 1 heterocycles.